The monoisotopic (exact) mass is 566 g/mol. The molecule has 0 saturated heterocycles. The van der Waals surface area contributed by atoms with E-state index in [0.717, 1.165) is 46.2 Å². The van der Waals surface area contributed by atoms with E-state index < -0.39 is 11.8 Å². The van der Waals surface area contributed by atoms with Crippen molar-refractivity contribution in [3.05, 3.63) is 92.7 Å². The summed E-state index contributed by atoms with van der Waals surface area (Å²) in [6.07, 6.45) is 12.4. The van der Waals surface area contributed by atoms with E-state index in [1.165, 1.54) is 70.9 Å². The molecule has 0 saturated carbocycles. The van der Waals surface area contributed by atoms with E-state index in [2.05, 4.69) is 74.5 Å². The highest BCUT2D eigenvalue weighted by atomic mass is 32.1. The van der Waals surface area contributed by atoms with Gasteiger partial charge in [0.05, 0.1) is 11.8 Å². The fourth-order valence-electron chi connectivity index (χ4n) is 6.45. The second-order valence-corrected chi connectivity index (χ2v) is 13.8. The maximum atomic E-state index is 13.3. The molecule has 2 unspecified atom stereocenters. The summed E-state index contributed by atoms with van der Waals surface area (Å²) in [5.41, 5.74) is 6.38. The maximum absolute atomic E-state index is 13.3. The van der Waals surface area contributed by atoms with E-state index in [1.807, 2.05) is 22.7 Å². The van der Waals surface area contributed by atoms with Crippen LogP contribution in [-0.2, 0) is 22.4 Å². The summed E-state index contributed by atoms with van der Waals surface area (Å²) in [5, 5.41) is 0. The second-order valence-electron chi connectivity index (χ2n) is 11.4. The Morgan fingerprint density at radius 3 is 1.40 bits per heavy atom. The van der Waals surface area contributed by atoms with Gasteiger partial charge in [0.1, 0.15) is 0 Å². The first kappa shape index (κ1) is 27.4. The second kappa shape index (κ2) is 12.0. The molecular formula is C36H38O2S2. The Labute approximate surface area is 246 Å². The largest absolute Gasteiger partial charge is 0.290 e. The van der Waals surface area contributed by atoms with Gasteiger partial charge in [0.15, 0.2) is 0 Å². The Morgan fingerprint density at radius 1 is 0.525 bits per heavy atom. The predicted molar refractivity (Wildman–Crippen MR) is 169 cm³/mol. The molecule has 2 atom stereocenters. The minimum absolute atomic E-state index is 0.247. The lowest BCUT2D eigenvalue weighted by molar-refractivity contribution is -0.138. The molecule has 0 radical (unpaired) electrons. The van der Waals surface area contributed by atoms with Crippen molar-refractivity contribution in [2.75, 3.05) is 0 Å². The van der Waals surface area contributed by atoms with Gasteiger partial charge in [0.25, 0.3) is 0 Å². The smallest absolute Gasteiger partial charge is 0.211 e. The molecule has 4 heteroatoms. The topological polar surface area (TPSA) is 34.1 Å². The zero-order chi connectivity index (χ0) is 27.6. The third-order valence-electron chi connectivity index (χ3n) is 8.63. The van der Waals surface area contributed by atoms with Crippen LogP contribution in [0.5, 0.6) is 0 Å². The SMILES string of the molecule is CCCCCCc1ccc(-c2ccc3c(c2)C2C(=O)C(=O)C3c3cc(-c4ccc(CCCCCC)s4)ccc32)s1. The summed E-state index contributed by atoms with van der Waals surface area (Å²) in [4.78, 5) is 31.9. The molecule has 2 nitrogen and oxygen atoms in total. The van der Waals surface area contributed by atoms with Crippen molar-refractivity contribution >= 4 is 34.2 Å². The molecule has 0 spiro atoms. The molecule has 0 aliphatic heterocycles. The number of hydrogen-bond donors (Lipinski definition) is 0. The summed E-state index contributed by atoms with van der Waals surface area (Å²) >= 11 is 3.72. The number of unbranched alkanes of at least 4 members (excludes halogenated alkanes) is 6. The number of aryl methyl sites for hydroxylation is 2. The molecule has 7 rings (SSSR count). The normalized spacial score (nSPS) is 17.4. The van der Waals surface area contributed by atoms with Crippen molar-refractivity contribution in [3.63, 3.8) is 0 Å². The van der Waals surface area contributed by atoms with Crippen LogP contribution in [0.1, 0.15) is 109 Å². The van der Waals surface area contributed by atoms with Crippen LogP contribution in [0.15, 0.2) is 60.7 Å². The Hall–Kier alpha value is -2.82. The number of carbonyl (C=O) groups is 2. The van der Waals surface area contributed by atoms with E-state index >= 15 is 0 Å². The highest BCUT2D eigenvalue weighted by molar-refractivity contribution is 7.15. The molecule has 40 heavy (non-hydrogen) atoms. The molecule has 4 aromatic rings. The first-order valence-electron chi connectivity index (χ1n) is 15.1. The maximum Gasteiger partial charge on any atom is 0.211 e. The zero-order valence-electron chi connectivity index (χ0n) is 23.6. The van der Waals surface area contributed by atoms with Crippen molar-refractivity contribution in [3.8, 4) is 20.9 Å². The summed E-state index contributed by atoms with van der Waals surface area (Å²) in [6.45, 7) is 4.49. The van der Waals surface area contributed by atoms with Crippen LogP contribution in [-0.4, -0.2) is 11.6 Å². The van der Waals surface area contributed by atoms with E-state index in [-0.39, 0.29) is 11.6 Å². The van der Waals surface area contributed by atoms with Gasteiger partial charge in [-0.25, -0.2) is 0 Å². The molecule has 206 valence electrons. The van der Waals surface area contributed by atoms with E-state index in [0.29, 0.717) is 0 Å². The lowest BCUT2D eigenvalue weighted by Crippen LogP contribution is -2.40. The van der Waals surface area contributed by atoms with Crippen LogP contribution in [0, 0.1) is 0 Å². The van der Waals surface area contributed by atoms with Crippen molar-refractivity contribution < 1.29 is 9.59 Å². The molecule has 3 aliphatic rings. The molecule has 2 aromatic carbocycles. The summed E-state index contributed by atoms with van der Waals surface area (Å²) in [6, 6.07) is 21.8. The number of thiophene rings is 2. The van der Waals surface area contributed by atoms with Gasteiger partial charge >= 0.3 is 0 Å². The Balaban J connectivity index is 1.26. The van der Waals surface area contributed by atoms with E-state index in [9.17, 15) is 9.59 Å². The van der Waals surface area contributed by atoms with Gasteiger partial charge in [0, 0.05) is 19.5 Å². The standard InChI is InChI=1S/C36H38O2S2/c1-3-5-7-9-11-25-15-19-31(39-25)23-13-17-27-29(21-23)33-28-18-14-24(22-30(28)34(27)36(38)35(33)37)32-20-16-26(40-32)12-10-8-6-4-2/h13-22,33-34H,3-12H2,1-2H3. The minimum Gasteiger partial charge on any atom is -0.290 e. The number of rotatable bonds is 12. The van der Waals surface area contributed by atoms with Crippen molar-refractivity contribution in [2.24, 2.45) is 0 Å². The molecule has 3 aliphatic carbocycles. The summed E-state index contributed by atoms with van der Waals surface area (Å²) in [7, 11) is 0. The van der Waals surface area contributed by atoms with Crippen molar-refractivity contribution in [2.45, 2.75) is 89.9 Å². The quantitative estimate of drug-likeness (QED) is 0.126. The lowest BCUT2D eigenvalue weighted by Gasteiger charge is -2.38. The third kappa shape index (κ3) is 5.17. The third-order valence-corrected chi connectivity index (χ3v) is 11.0. The molecule has 2 heterocycles. The van der Waals surface area contributed by atoms with Gasteiger partial charge < -0.3 is 0 Å². The number of fused-ring (bicyclic) bond motifs is 1. The zero-order valence-corrected chi connectivity index (χ0v) is 25.3. The Morgan fingerprint density at radius 2 is 0.975 bits per heavy atom. The summed E-state index contributed by atoms with van der Waals surface area (Å²) < 4.78 is 0. The van der Waals surface area contributed by atoms with Crippen molar-refractivity contribution in [1.29, 1.82) is 0 Å². The van der Waals surface area contributed by atoms with Gasteiger partial charge in [-0.15, -0.1) is 22.7 Å². The van der Waals surface area contributed by atoms with Crippen molar-refractivity contribution in [1.82, 2.24) is 0 Å². The molecule has 2 bridgehead atoms. The minimum atomic E-state index is -0.484. The fourth-order valence-corrected chi connectivity index (χ4v) is 8.54. The number of carbonyl (C=O) groups excluding carboxylic acids is 2. The summed E-state index contributed by atoms with van der Waals surface area (Å²) in [5.74, 6) is -1.46. The van der Waals surface area contributed by atoms with E-state index in [4.69, 9.17) is 0 Å². The number of ketones is 2. The Bertz CT molecular complexity index is 1420. The number of hydrogen-bond acceptors (Lipinski definition) is 4. The highest BCUT2D eigenvalue weighted by Gasteiger charge is 2.48. The van der Waals surface area contributed by atoms with Crippen LogP contribution in [0.2, 0.25) is 0 Å². The van der Waals surface area contributed by atoms with Gasteiger partial charge in [-0.05, 0) is 95.5 Å². The molecular weight excluding hydrogens is 529 g/mol. The van der Waals surface area contributed by atoms with Crippen LogP contribution in [0.4, 0.5) is 0 Å². The molecule has 0 fully saturated rings. The molecule has 0 amide bonds. The van der Waals surface area contributed by atoms with E-state index in [1.54, 1.807) is 0 Å². The lowest BCUT2D eigenvalue weighted by atomic mass is 9.62. The molecule has 2 aromatic heterocycles. The van der Waals surface area contributed by atoms with Gasteiger partial charge in [-0.2, -0.15) is 0 Å². The predicted octanol–water partition coefficient (Wildman–Crippen LogP) is 10.1. The fraction of sp³-hybridized carbons (Fsp3) is 0.389. The average Bonchev–Trinajstić information content (AvgIpc) is 3.65. The van der Waals surface area contributed by atoms with Gasteiger partial charge in [0.2, 0.25) is 11.6 Å². The van der Waals surface area contributed by atoms with Crippen LogP contribution in [0.25, 0.3) is 20.9 Å². The number of Topliss-reactive ketones (excluding diaryl/α,β-unsaturated/α-hetero) is 2. The highest BCUT2D eigenvalue weighted by Crippen LogP contribution is 2.51. The Kier molecular flexibility index (Phi) is 8.18. The first-order chi connectivity index (χ1) is 19.6. The number of benzene rings is 2. The first-order valence-corrected chi connectivity index (χ1v) is 16.8. The van der Waals surface area contributed by atoms with Gasteiger partial charge in [-0.1, -0.05) is 76.6 Å². The average molecular weight is 567 g/mol. The van der Waals surface area contributed by atoms with Gasteiger partial charge in [-0.3, -0.25) is 9.59 Å². The van der Waals surface area contributed by atoms with Crippen LogP contribution >= 0.6 is 22.7 Å². The van der Waals surface area contributed by atoms with Crippen LogP contribution in [0.3, 0.4) is 0 Å². The molecule has 0 N–H and O–H groups in total. The van der Waals surface area contributed by atoms with Crippen LogP contribution < -0.4 is 0 Å².